The van der Waals surface area contributed by atoms with E-state index < -0.39 is 0 Å². The van der Waals surface area contributed by atoms with Gasteiger partial charge in [0.25, 0.3) is 0 Å². The molecule has 0 saturated heterocycles. The summed E-state index contributed by atoms with van der Waals surface area (Å²) < 4.78 is 1.33. The van der Waals surface area contributed by atoms with Crippen LogP contribution in [0.2, 0.25) is 0 Å². The second-order valence-electron chi connectivity index (χ2n) is 10.2. The first kappa shape index (κ1) is 30.4. The maximum Gasteiger partial charge on any atom is 0.155 e. The van der Waals surface area contributed by atoms with Crippen LogP contribution in [0.4, 0.5) is 0 Å². The van der Waals surface area contributed by atoms with Crippen molar-refractivity contribution in [3.8, 4) is 21.7 Å². The predicted molar refractivity (Wildman–Crippen MR) is 162 cm³/mol. The predicted octanol–water partition coefficient (Wildman–Crippen LogP) is 9.87. The third-order valence-electron chi connectivity index (χ3n) is 6.37. The van der Waals surface area contributed by atoms with Crippen LogP contribution in [0.5, 0.6) is 0 Å². The van der Waals surface area contributed by atoms with E-state index in [4.69, 9.17) is 10.1 Å². The molecule has 0 saturated carbocycles. The molecule has 2 aromatic heterocycles. The average molecular weight is 713 g/mol. The Labute approximate surface area is 249 Å². The number of ketones is 1. The van der Waals surface area contributed by atoms with Gasteiger partial charge in [-0.1, -0.05) is 87.4 Å². The van der Waals surface area contributed by atoms with E-state index in [9.17, 15) is 4.79 Å². The SMILES string of the molecule is CC(=O)/C=C(/C)O.CC(C)c1ccc2c(-c3[c-]c4cc(-c5ccccc5)sc4c(C(C)C)c3)nccc2c1.[Ir]. The molecule has 1 N–H and O–H groups in total. The molecule has 3 aromatic carbocycles. The molecule has 0 aliphatic heterocycles. The summed E-state index contributed by atoms with van der Waals surface area (Å²) in [5, 5.41) is 12.0. The second kappa shape index (κ2) is 13.3. The van der Waals surface area contributed by atoms with Gasteiger partial charge in [-0.25, -0.2) is 0 Å². The Balaban J connectivity index is 0.000000468. The molecule has 5 aromatic rings. The summed E-state index contributed by atoms with van der Waals surface area (Å²) in [5.74, 6) is 0.881. The monoisotopic (exact) mass is 713 g/mol. The Morgan fingerprint density at radius 3 is 2.26 bits per heavy atom. The van der Waals surface area contributed by atoms with Crippen LogP contribution in [0, 0.1) is 6.07 Å². The maximum atomic E-state index is 10.0. The number of fused-ring (bicyclic) bond motifs is 2. The summed E-state index contributed by atoms with van der Waals surface area (Å²) in [7, 11) is 0. The van der Waals surface area contributed by atoms with Crippen molar-refractivity contribution in [3.63, 3.8) is 0 Å². The third-order valence-corrected chi connectivity index (χ3v) is 7.60. The molecule has 0 amide bonds. The zero-order chi connectivity index (χ0) is 27.4. The van der Waals surface area contributed by atoms with E-state index in [0.717, 1.165) is 11.3 Å². The van der Waals surface area contributed by atoms with Crippen molar-refractivity contribution in [2.45, 2.75) is 53.4 Å². The number of carbonyl (C=O) groups excluding carboxylic acids is 1. The molecule has 0 fully saturated rings. The van der Waals surface area contributed by atoms with Crippen LogP contribution < -0.4 is 0 Å². The van der Waals surface area contributed by atoms with Crippen LogP contribution in [0.15, 0.2) is 84.8 Å². The fourth-order valence-corrected chi connectivity index (χ4v) is 5.75. The topological polar surface area (TPSA) is 50.2 Å². The van der Waals surface area contributed by atoms with Crippen molar-refractivity contribution in [1.82, 2.24) is 4.98 Å². The minimum atomic E-state index is -0.125. The van der Waals surface area contributed by atoms with Crippen molar-refractivity contribution >= 4 is 38.0 Å². The minimum Gasteiger partial charge on any atom is -0.512 e. The number of nitrogens with zero attached hydrogens (tertiary/aromatic N) is 1. The maximum absolute atomic E-state index is 10.0. The molecule has 39 heavy (non-hydrogen) atoms. The van der Waals surface area contributed by atoms with Gasteiger partial charge in [-0.05, 0) is 63.2 Å². The number of thiophene rings is 1. The average Bonchev–Trinajstić information content (AvgIpc) is 3.31. The van der Waals surface area contributed by atoms with Crippen LogP contribution in [0.3, 0.4) is 0 Å². The number of carbonyl (C=O) groups is 1. The van der Waals surface area contributed by atoms with Crippen LogP contribution in [0.1, 0.15) is 64.5 Å². The molecular formula is C34H34IrNO2S-. The summed E-state index contributed by atoms with van der Waals surface area (Å²) in [4.78, 5) is 16.1. The number of benzene rings is 3. The molecule has 0 unspecified atom stereocenters. The first-order valence-electron chi connectivity index (χ1n) is 13.0. The molecule has 203 valence electrons. The van der Waals surface area contributed by atoms with E-state index in [0.29, 0.717) is 11.8 Å². The van der Waals surface area contributed by atoms with Crippen LogP contribution in [0.25, 0.3) is 42.6 Å². The van der Waals surface area contributed by atoms with E-state index in [1.165, 1.54) is 62.3 Å². The van der Waals surface area contributed by atoms with Gasteiger partial charge in [-0.3, -0.25) is 9.78 Å². The Morgan fingerprint density at radius 2 is 1.67 bits per heavy atom. The fourth-order valence-electron chi connectivity index (χ4n) is 4.47. The van der Waals surface area contributed by atoms with Gasteiger partial charge in [0.1, 0.15) is 0 Å². The van der Waals surface area contributed by atoms with Gasteiger partial charge in [0.05, 0.1) is 5.76 Å². The van der Waals surface area contributed by atoms with Crippen molar-refractivity contribution in [1.29, 1.82) is 0 Å². The van der Waals surface area contributed by atoms with E-state index in [1.807, 2.05) is 17.5 Å². The van der Waals surface area contributed by atoms with Gasteiger partial charge in [-0.2, -0.15) is 11.3 Å². The number of aromatic nitrogens is 1. The number of hydrogen-bond acceptors (Lipinski definition) is 4. The summed E-state index contributed by atoms with van der Waals surface area (Å²) in [6.45, 7) is 11.9. The summed E-state index contributed by atoms with van der Waals surface area (Å²) in [6.07, 6.45) is 3.10. The molecule has 2 heterocycles. The van der Waals surface area contributed by atoms with E-state index in [2.05, 4.69) is 100 Å². The molecule has 1 radical (unpaired) electrons. The molecule has 0 bridgehead atoms. The molecular weight excluding hydrogens is 679 g/mol. The Morgan fingerprint density at radius 1 is 0.949 bits per heavy atom. The van der Waals surface area contributed by atoms with E-state index in [-0.39, 0.29) is 31.6 Å². The number of aliphatic hydroxyl groups is 1. The van der Waals surface area contributed by atoms with Gasteiger partial charge < -0.3 is 5.11 Å². The Kier molecular flexibility index (Phi) is 10.4. The summed E-state index contributed by atoms with van der Waals surface area (Å²) >= 11 is 1.87. The van der Waals surface area contributed by atoms with E-state index in [1.54, 1.807) is 0 Å². The Bertz CT molecular complexity index is 1610. The zero-order valence-corrected chi connectivity index (χ0v) is 26.4. The minimum absolute atomic E-state index is 0. The first-order valence-corrected chi connectivity index (χ1v) is 13.8. The van der Waals surface area contributed by atoms with Crippen molar-refractivity contribution < 1.29 is 30.0 Å². The Hall–Kier alpha value is -3.11. The molecule has 5 rings (SSSR count). The number of allylic oxidation sites excluding steroid dienone is 2. The van der Waals surface area contributed by atoms with Crippen LogP contribution in [-0.2, 0) is 24.9 Å². The molecule has 3 nitrogen and oxygen atoms in total. The molecule has 0 aliphatic carbocycles. The number of aliphatic hydroxyl groups excluding tert-OH is 1. The van der Waals surface area contributed by atoms with Crippen LogP contribution >= 0.6 is 11.3 Å². The number of rotatable bonds is 5. The second-order valence-corrected chi connectivity index (χ2v) is 11.3. The number of hydrogen-bond donors (Lipinski definition) is 1. The standard InChI is InChI=1S/C29H26NS.C5H8O2.Ir/c1-18(2)21-10-11-25-22(14-21)12-13-30-28(25)23-15-24-17-27(20-8-6-5-7-9-20)31-29(24)26(16-23)19(3)4;1-4(6)3-5(2)7;/h5-14,16-19H,1-4H3;3,6H,1-2H3;/q-1;;/b;4-3-;. The zero-order valence-electron chi connectivity index (χ0n) is 23.2. The van der Waals surface area contributed by atoms with E-state index >= 15 is 0 Å². The molecule has 0 atom stereocenters. The molecule has 0 spiro atoms. The summed E-state index contributed by atoms with van der Waals surface area (Å²) in [6, 6.07) is 27.8. The molecule has 0 aliphatic rings. The third kappa shape index (κ3) is 7.30. The van der Waals surface area contributed by atoms with Gasteiger partial charge in [0, 0.05) is 38.1 Å². The fraction of sp³-hybridized carbons (Fsp3) is 0.235. The molecule has 5 heteroatoms. The van der Waals surface area contributed by atoms with Crippen LogP contribution in [-0.4, -0.2) is 15.9 Å². The van der Waals surface area contributed by atoms with Gasteiger partial charge in [0.15, 0.2) is 5.78 Å². The number of pyridine rings is 1. The van der Waals surface area contributed by atoms with Gasteiger partial charge >= 0.3 is 0 Å². The quantitative estimate of drug-likeness (QED) is 0.112. The normalized spacial score (nSPS) is 11.4. The van der Waals surface area contributed by atoms with Crippen molar-refractivity contribution in [2.24, 2.45) is 0 Å². The smallest absolute Gasteiger partial charge is 0.155 e. The van der Waals surface area contributed by atoms with Crippen molar-refractivity contribution in [3.05, 3.63) is 102 Å². The van der Waals surface area contributed by atoms with Gasteiger partial charge in [0.2, 0.25) is 0 Å². The summed E-state index contributed by atoms with van der Waals surface area (Å²) in [5.41, 5.74) is 6.09. The van der Waals surface area contributed by atoms with Gasteiger partial charge in [-0.15, -0.1) is 23.6 Å². The largest absolute Gasteiger partial charge is 0.512 e. The first-order chi connectivity index (χ1) is 18.1. The van der Waals surface area contributed by atoms with Crippen molar-refractivity contribution in [2.75, 3.05) is 0 Å².